The molecule has 3 rings (SSSR count). The van der Waals surface area contributed by atoms with Gasteiger partial charge >= 0.3 is 0 Å². The highest BCUT2D eigenvalue weighted by atomic mass is 35.5. The van der Waals surface area contributed by atoms with E-state index in [0.717, 1.165) is 12.1 Å². The maximum Gasteiger partial charge on any atom is 0.251 e. The van der Waals surface area contributed by atoms with Crippen LogP contribution in [0.4, 0.5) is 0 Å². The number of nitrogens with zero attached hydrogens (tertiary/aromatic N) is 1. The van der Waals surface area contributed by atoms with E-state index in [0.29, 0.717) is 17.1 Å². The quantitative estimate of drug-likeness (QED) is 0.846. The maximum absolute atomic E-state index is 12.3. The predicted molar refractivity (Wildman–Crippen MR) is 103 cm³/mol. The van der Waals surface area contributed by atoms with Gasteiger partial charge in [0.2, 0.25) is 0 Å². The van der Waals surface area contributed by atoms with E-state index < -0.39 is 0 Å². The lowest BCUT2D eigenvalue weighted by molar-refractivity contribution is 0.0951. The molecule has 2 aromatic carbocycles. The van der Waals surface area contributed by atoms with Crippen LogP contribution in [0, 0.1) is 0 Å². The molecule has 1 saturated heterocycles. The summed E-state index contributed by atoms with van der Waals surface area (Å²) >= 11 is 5.87. The molecule has 1 aliphatic rings. The Balaban J connectivity index is 1.52. The van der Waals surface area contributed by atoms with Gasteiger partial charge in [-0.3, -0.25) is 9.69 Å². The Bertz CT molecular complexity index is 674. The van der Waals surface area contributed by atoms with E-state index in [1.807, 2.05) is 36.4 Å². The van der Waals surface area contributed by atoms with Gasteiger partial charge in [-0.2, -0.15) is 0 Å². The lowest BCUT2D eigenvalue weighted by atomic mass is 10.1. The molecule has 1 heterocycles. The smallest absolute Gasteiger partial charge is 0.251 e. The zero-order valence-corrected chi connectivity index (χ0v) is 15.3. The molecule has 4 heteroatoms. The minimum Gasteiger partial charge on any atom is -0.348 e. The summed E-state index contributed by atoms with van der Waals surface area (Å²) in [7, 11) is 0. The van der Waals surface area contributed by atoms with Crippen molar-refractivity contribution >= 4 is 17.5 Å². The molecule has 0 atom stereocenters. The number of carbonyl (C=O) groups excluding carboxylic acids is 1. The van der Waals surface area contributed by atoms with Crippen LogP contribution in [0.15, 0.2) is 48.5 Å². The summed E-state index contributed by atoms with van der Waals surface area (Å²) in [6.45, 7) is 3.85. The summed E-state index contributed by atoms with van der Waals surface area (Å²) in [6.07, 6.45) is 5.29. The third-order valence-electron chi connectivity index (χ3n) is 4.69. The molecule has 0 spiro atoms. The van der Waals surface area contributed by atoms with E-state index in [-0.39, 0.29) is 5.91 Å². The number of likely N-dealkylation sites (tertiary alicyclic amines) is 1. The van der Waals surface area contributed by atoms with Crippen molar-refractivity contribution in [1.29, 1.82) is 0 Å². The van der Waals surface area contributed by atoms with Gasteiger partial charge in [-0.15, -0.1) is 0 Å². The molecule has 0 bridgehead atoms. The van der Waals surface area contributed by atoms with Gasteiger partial charge in [0, 0.05) is 23.7 Å². The van der Waals surface area contributed by atoms with Crippen LogP contribution in [0.25, 0.3) is 0 Å². The van der Waals surface area contributed by atoms with Crippen LogP contribution in [0.3, 0.4) is 0 Å². The summed E-state index contributed by atoms with van der Waals surface area (Å²) in [5.41, 5.74) is 3.01. The van der Waals surface area contributed by atoms with Crippen LogP contribution < -0.4 is 5.32 Å². The van der Waals surface area contributed by atoms with Gasteiger partial charge in [0.05, 0.1) is 0 Å². The topological polar surface area (TPSA) is 32.3 Å². The van der Waals surface area contributed by atoms with Crippen molar-refractivity contribution in [1.82, 2.24) is 10.2 Å². The second-order valence-electron chi connectivity index (χ2n) is 6.70. The molecule has 0 saturated carbocycles. The third-order valence-corrected chi connectivity index (χ3v) is 4.94. The highest BCUT2D eigenvalue weighted by Gasteiger charge is 2.10. The van der Waals surface area contributed by atoms with Gasteiger partial charge in [0.1, 0.15) is 0 Å². The largest absolute Gasteiger partial charge is 0.348 e. The summed E-state index contributed by atoms with van der Waals surface area (Å²) in [5.74, 6) is -0.0451. The van der Waals surface area contributed by atoms with E-state index in [1.165, 1.54) is 44.3 Å². The van der Waals surface area contributed by atoms with Crippen LogP contribution in [0.1, 0.15) is 47.2 Å². The van der Waals surface area contributed by atoms with Crippen molar-refractivity contribution in [3.8, 4) is 0 Å². The first-order valence-corrected chi connectivity index (χ1v) is 9.42. The zero-order valence-electron chi connectivity index (χ0n) is 14.5. The fraction of sp³-hybridized carbons (Fsp3) is 0.381. The van der Waals surface area contributed by atoms with Gasteiger partial charge in [-0.1, -0.05) is 48.7 Å². The number of amides is 1. The second kappa shape index (κ2) is 9.02. The van der Waals surface area contributed by atoms with Crippen LogP contribution in [0.5, 0.6) is 0 Å². The molecule has 1 aliphatic heterocycles. The third kappa shape index (κ3) is 5.58. The minimum atomic E-state index is -0.0451. The van der Waals surface area contributed by atoms with E-state index in [4.69, 9.17) is 11.6 Å². The van der Waals surface area contributed by atoms with Crippen LogP contribution >= 0.6 is 11.6 Å². The monoisotopic (exact) mass is 356 g/mol. The van der Waals surface area contributed by atoms with Crippen molar-refractivity contribution in [2.24, 2.45) is 0 Å². The highest BCUT2D eigenvalue weighted by Crippen LogP contribution is 2.14. The Morgan fingerprint density at radius 3 is 2.12 bits per heavy atom. The highest BCUT2D eigenvalue weighted by molar-refractivity contribution is 6.30. The Kier molecular flexibility index (Phi) is 6.48. The first kappa shape index (κ1) is 18.0. The number of benzene rings is 2. The summed E-state index contributed by atoms with van der Waals surface area (Å²) in [4.78, 5) is 14.8. The standard InChI is InChI=1S/C21H25ClN2O/c22-20-11-7-17(8-12-20)15-23-21(25)19-9-5-18(6-10-19)16-24-13-3-1-2-4-14-24/h5-12H,1-4,13-16H2,(H,23,25). The van der Waals surface area contributed by atoms with Crippen LogP contribution in [0.2, 0.25) is 5.02 Å². The Morgan fingerprint density at radius 1 is 0.880 bits per heavy atom. The maximum atomic E-state index is 12.3. The van der Waals surface area contributed by atoms with Gasteiger partial charge < -0.3 is 5.32 Å². The van der Waals surface area contributed by atoms with Crippen molar-refractivity contribution < 1.29 is 4.79 Å². The average molecular weight is 357 g/mol. The Labute approximate surface area is 155 Å². The van der Waals surface area contributed by atoms with Crippen LogP contribution in [-0.2, 0) is 13.1 Å². The van der Waals surface area contributed by atoms with E-state index >= 15 is 0 Å². The Morgan fingerprint density at radius 2 is 1.48 bits per heavy atom. The van der Waals surface area contributed by atoms with Gasteiger partial charge in [-0.05, 0) is 61.3 Å². The number of halogens is 1. The normalized spacial score (nSPS) is 15.6. The second-order valence-corrected chi connectivity index (χ2v) is 7.13. The lowest BCUT2D eigenvalue weighted by Gasteiger charge is -2.19. The first-order chi connectivity index (χ1) is 12.2. The first-order valence-electron chi connectivity index (χ1n) is 9.05. The molecular formula is C21H25ClN2O. The van der Waals surface area contributed by atoms with E-state index in [2.05, 4.69) is 22.3 Å². The molecule has 1 fully saturated rings. The molecule has 0 unspecified atom stereocenters. The van der Waals surface area contributed by atoms with Crippen molar-refractivity contribution in [3.63, 3.8) is 0 Å². The molecule has 2 aromatic rings. The number of hydrogen-bond acceptors (Lipinski definition) is 2. The number of carbonyl (C=O) groups is 1. The number of rotatable bonds is 5. The van der Waals surface area contributed by atoms with E-state index in [9.17, 15) is 4.79 Å². The summed E-state index contributed by atoms with van der Waals surface area (Å²) < 4.78 is 0. The molecule has 132 valence electrons. The Hall–Kier alpha value is -1.84. The number of nitrogens with one attached hydrogen (secondary N) is 1. The molecule has 0 aromatic heterocycles. The minimum absolute atomic E-state index is 0.0451. The predicted octanol–water partition coefficient (Wildman–Crippen LogP) is 4.65. The molecule has 0 radical (unpaired) electrons. The molecule has 0 aliphatic carbocycles. The SMILES string of the molecule is O=C(NCc1ccc(Cl)cc1)c1ccc(CN2CCCCCC2)cc1. The summed E-state index contributed by atoms with van der Waals surface area (Å²) in [5, 5.41) is 3.66. The van der Waals surface area contributed by atoms with Crippen LogP contribution in [-0.4, -0.2) is 23.9 Å². The molecule has 1 amide bonds. The number of hydrogen-bond donors (Lipinski definition) is 1. The van der Waals surface area contributed by atoms with Gasteiger partial charge in [0.15, 0.2) is 0 Å². The summed E-state index contributed by atoms with van der Waals surface area (Å²) in [6, 6.07) is 15.5. The van der Waals surface area contributed by atoms with Gasteiger partial charge in [0.25, 0.3) is 5.91 Å². The average Bonchev–Trinajstić information content (AvgIpc) is 2.90. The van der Waals surface area contributed by atoms with Gasteiger partial charge in [-0.25, -0.2) is 0 Å². The van der Waals surface area contributed by atoms with Crippen molar-refractivity contribution in [2.45, 2.75) is 38.8 Å². The lowest BCUT2D eigenvalue weighted by Crippen LogP contribution is -2.24. The molecule has 25 heavy (non-hydrogen) atoms. The molecule has 3 nitrogen and oxygen atoms in total. The van der Waals surface area contributed by atoms with Crippen molar-refractivity contribution in [3.05, 3.63) is 70.2 Å². The molecular weight excluding hydrogens is 332 g/mol. The molecule has 1 N–H and O–H groups in total. The fourth-order valence-electron chi connectivity index (χ4n) is 3.20. The van der Waals surface area contributed by atoms with E-state index in [1.54, 1.807) is 0 Å². The zero-order chi connectivity index (χ0) is 17.5. The fourth-order valence-corrected chi connectivity index (χ4v) is 3.33. The van der Waals surface area contributed by atoms with Crippen molar-refractivity contribution in [2.75, 3.05) is 13.1 Å².